The number of piperidine rings is 1. The first-order chi connectivity index (χ1) is 7.72. The third kappa shape index (κ3) is 2.62. The summed E-state index contributed by atoms with van der Waals surface area (Å²) < 4.78 is 0. The summed E-state index contributed by atoms with van der Waals surface area (Å²) in [4.78, 5) is 14.2. The molecule has 0 aromatic rings. The van der Waals surface area contributed by atoms with E-state index in [1.54, 1.807) is 0 Å². The first-order valence-electron chi connectivity index (χ1n) is 6.59. The number of hydrogen-bond donors (Lipinski definition) is 0. The maximum Gasteiger partial charge on any atom is 0.136 e. The van der Waals surface area contributed by atoms with E-state index in [1.165, 1.54) is 30.8 Å². The topological polar surface area (TPSA) is 20.3 Å². The van der Waals surface area contributed by atoms with E-state index in [0.29, 0.717) is 23.9 Å². The molecule has 0 N–H and O–H groups in total. The van der Waals surface area contributed by atoms with Crippen molar-refractivity contribution in [1.29, 1.82) is 0 Å². The Bertz CT molecular complexity index is 240. The molecule has 3 heteroatoms. The summed E-state index contributed by atoms with van der Waals surface area (Å²) in [5, 5.41) is 0. The van der Waals surface area contributed by atoms with Gasteiger partial charge in [-0.1, -0.05) is 6.92 Å². The van der Waals surface area contributed by atoms with Crippen LogP contribution in [0.5, 0.6) is 0 Å². The second-order valence-electron chi connectivity index (χ2n) is 5.11. The van der Waals surface area contributed by atoms with E-state index < -0.39 is 0 Å². The number of hydrogen-bond acceptors (Lipinski definition) is 3. The van der Waals surface area contributed by atoms with E-state index in [4.69, 9.17) is 0 Å². The van der Waals surface area contributed by atoms with Gasteiger partial charge in [-0.25, -0.2) is 0 Å². The van der Waals surface area contributed by atoms with E-state index in [9.17, 15) is 4.79 Å². The standard InChI is InChI=1S/C13H23NOS/c1-3-16-7-6-10(2)14-11-4-5-12(14)9-13(15)8-11/h10-12H,3-9H2,1-2H3. The van der Waals surface area contributed by atoms with Crippen LogP contribution in [0.3, 0.4) is 0 Å². The van der Waals surface area contributed by atoms with Gasteiger partial charge < -0.3 is 0 Å². The van der Waals surface area contributed by atoms with Crippen molar-refractivity contribution in [1.82, 2.24) is 4.90 Å². The SMILES string of the molecule is CCSCCC(C)N1C2CCC1CC(=O)C2. The zero-order valence-electron chi connectivity index (χ0n) is 10.4. The monoisotopic (exact) mass is 241 g/mol. The van der Waals surface area contributed by atoms with Crippen LogP contribution in [0.2, 0.25) is 0 Å². The van der Waals surface area contributed by atoms with Gasteiger partial charge in [-0.05, 0) is 37.7 Å². The van der Waals surface area contributed by atoms with Gasteiger partial charge in [0.15, 0.2) is 0 Å². The van der Waals surface area contributed by atoms with E-state index in [-0.39, 0.29) is 0 Å². The average Bonchev–Trinajstić information content (AvgIpc) is 2.52. The summed E-state index contributed by atoms with van der Waals surface area (Å²) >= 11 is 2.03. The molecule has 0 aliphatic carbocycles. The summed E-state index contributed by atoms with van der Waals surface area (Å²) in [6.45, 7) is 4.57. The molecule has 0 radical (unpaired) electrons. The van der Waals surface area contributed by atoms with Gasteiger partial charge in [0.25, 0.3) is 0 Å². The normalized spacial score (nSPS) is 32.0. The number of nitrogens with zero attached hydrogens (tertiary/aromatic N) is 1. The van der Waals surface area contributed by atoms with Gasteiger partial charge in [0.05, 0.1) is 0 Å². The number of carbonyl (C=O) groups is 1. The zero-order chi connectivity index (χ0) is 11.5. The number of carbonyl (C=O) groups excluding carboxylic acids is 1. The molecule has 3 unspecified atom stereocenters. The first kappa shape index (κ1) is 12.4. The highest BCUT2D eigenvalue weighted by molar-refractivity contribution is 7.99. The Morgan fingerprint density at radius 3 is 2.56 bits per heavy atom. The molecular weight excluding hydrogens is 218 g/mol. The minimum atomic E-state index is 0.499. The predicted molar refractivity (Wildman–Crippen MR) is 70.0 cm³/mol. The molecule has 92 valence electrons. The molecule has 2 heterocycles. The quantitative estimate of drug-likeness (QED) is 0.690. The summed E-state index contributed by atoms with van der Waals surface area (Å²) in [7, 11) is 0. The predicted octanol–water partition coefficient (Wildman–Crippen LogP) is 2.71. The van der Waals surface area contributed by atoms with Crippen LogP contribution >= 0.6 is 11.8 Å². The Labute approximate surface area is 103 Å². The van der Waals surface area contributed by atoms with Gasteiger partial charge in [0.1, 0.15) is 5.78 Å². The molecular formula is C13H23NOS. The van der Waals surface area contributed by atoms with Crippen LogP contribution in [0, 0.1) is 0 Å². The number of ketones is 1. The third-order valence-electron chi connectivity index (χ3n) is 4.00. The molecule has 2 rings (SSSR count). The highest BCUT2D eigenvalue weighted by Crippen LogP contribution is 2.36. The summed E-state index contributed by atoms with van der Waals surface area (Å²) in [6.07, 6.45) is 5.42. The minimum Gasteiger partial charge on any atom is -0.300 e. The van der Waals surface area contributed by atoms with E-state index >= 15 is 0 Å². The second-order valence-corrected chi connectivity index (χ2v) is 6.51. The Morgan fingerprint density at radius 2 is 2.00 bits per heavy atom. The largest absolute Gasteiger partial charge is 0.300 e. The summed E-state index contributed by atoms with van der Waals surface area (Å²) in [5.74, 6) is 2.98. The smallest absolute Gasteiger partial charge is 0.136 e. The van der Waals surface area contributed by atoms with Crippen LogP contribution in [-0.4, -0.2) is 40.3 Å². The van der Waals surface area contributed by atoms with Crippen molar-refractivity contribution in [3.05, 3.63) is 0 Å². The molecule has 0 aromatic carbocycles. The fraction of sp³-hybridized carbons (Fsp3) is 0.923. The third-order valence-corrected chi connectivity index (χ3v) is 4.93. The van der Waals surface area contributed by atoms with E-state index in [0.717, 1.165) is 12.8 Å². The Balaban J connectivity index is 1.87. The van der Waals surface area contributed by atoms with Gasteiger partial charge >= 0.3 is 0 Å². The van der Waals surface area contributed by atoms with Crippen LogP contribution in [0.1, 0.15) is 46.0 Å². The fourth-order valence-corrected chi connectivity index (χ4v) is 4.07. The van der Waals surface area contributed by atoms with Crippen LogP contribution in [-0.2, 0) is 4.79 Å². The molecule has 2 aliphatic rings. The van der Waals surface area contributed by atoms with Gasteiger partial charge in [0, 0.05) is 31.0 Å². The molecule has 2 saturated heterocycles. The lowest BCUT2D eigenvalue weighted by Gasteiger charge is -2.38. The molecule has 3 atom stereocenters. The highest BCUT2D eigenvalue weighted by Gasteiger charge is 2.41. The van der Waals surface area contributed by atoms with Gasteiger partial charge in [-0.15, -0.1) is 0 Å². The van der Waals surface area contributed by atoms with Crippen molar-refractivity contribution < 1.29 is 4.79 Å². The Kier molecular flexibility index (Phi) is 4.31. The lowest BCUT2D eigenvalue weighted by Crippen LogP contribution is -2.48. The molecule has 2 nitrogen and oxygen atoms in total. The van der Waals surface area contributed by atoms with E-state index in [1.807, 2.05) is 11.8 Å². The molecule has 0 spiro atoms. The Morgan fingerprint density at radius 1 is 1.38 bits per heavy atom. The van der Waals surface area contributed by atoms with Gasteiger partial charge in [0.2, 0.25) is 0 Å². The van der Waals surface area contributed by atoms with Crippen molar-refractivity contribution in [2.24, 2.45) is 0 Å². The zero-order valence-corrected chi connectivity index (χ0v) is 11.3. The van der Waals surface area contributed by atoms with Gasteiger partial charge in [-0.3, -0.25) is 9.69 Å². The number of Topliss-reactive ketones (excluding diaryl/α,β-unsaturated/α-hetero) is 1. The molecule has 0 amide bonds. The van der Waals surface area contributed by atoms with Crippen LogP contribution < -0.4 is 0 Å². The molecule has 2 fully saturated rings. The van der Waals surface area contributed by atoms with Crippen LogP contribution in [0.25, 0.3) is 0 Å². The maximum atomic E-state index is 11.5. The molecule has 2 bridgehead atoms. The highest BCUT2D eigenvalue weighted by atomic mass is 32.2. The second kappa shape index (κ2) is 5.54. The summed E-state index contributed by atoms with van der Waals surface area (Å²) in [6, 6.07) is 1.82. The van der Waals surface area contributed by atoms with Crippen molar-refractivity contribution in [2.45, 2.75) is 64.1 Å². The molecule has 0 saturated carbocycles. The molecule has 2 aliphatic heterocycles. The fourth-order valence-electron chi connectivity index (χ4n) is 3.27. The van der Waals surface area contributed by atoms with Crippen molar-refractivity contribution in [3.8, 4) is 0 Å². The lowest BCUT2D eigenvalue weighted by molar-refractivity contribution is -0.124. The van der Waals surface area contributed by atoms with Crippen LogP contribution in [0.4, 0.5) is 0 Å². The number of rotatable bonds is 5. The average molecular weight is 241 g/mol. The number of thioether (sulfide) groups is 1. The van der Waals surface area contributed by atoms with Crippen LogP contribution in [0.15, 0.2) is 0 Å². The lowest BCUT2D eigenvalue weighted by atomic mass is 9.99. The van der Waals surface area contributed by atoms with Crippen molar-refractivity contribution in [2.75, 3.05) is 11.5 Å². The van der Waals surface area contributed by atoms with Gasteiger partial charge in [-0.2, -0.15) is 11.8 Å². The van der Waals surface area contributed by atoms with Crippen molar-refractivity contribution in [3.63, 3.8) is 0 Å². The first-order valence-corrected chi connectivity index (χ1v) is 7.74. The molecule has 16 heavy (non-hydrogen) atoms. The number of fused-ring (bicyclic) bond motifs is 2. The molecule has 0 aromatic heterocycles. The summed E-state index contributed by atoms with van der Waals surface area (Å²) in [5.41, 5.74) is 0. The van der Waals surface area contributed by atoms with Crippen molar-refractivity contribution >= 4 is 17.5 Å². The Hall–Kier alpha value is -0.0200. The minimum absolute atomic E-state index is 0.499. The van der Waals surface area contributed by atoms with E-state index in [2.05, 4.69) is 18.7 Å². The maximum absolute atomic E-state index is 11.5.